The Morgan fingerprint density at radius 1 is 1.27 bits per heavy atom. The summed E-state index contributed by atoms with van der Waals surface area (Å²) in [5, 5.41) is 14.5. The quantitative estimate of drug-likeness (QED) is 0.284. The summed E-state index contributed by atoms with van der Waals surface area (Å²) in [5.74, 6) is 4.50. The van der Waals surface area contributed by atoms with Crippen LogP contribution in [0.4, 0.5) is 10.2 Å². The Balaban J connectivity index is 1.53. The third-order valence-corrected chi connectivity index (χ3v) is 6.73. The molecule has 2 aromatic heterocycles. The number of anilines is 1. The molecule has 2 amide bonds. The number of aliphatic hydroxyl groups is 1. The van der Waals surface area contributed by atoms with Crippen molar-refractivity contribution in [3.63, 3.8) is 0 Å². The fourth-order valence-corrected chi connectivity index (χ4v) is 4.87. The van der Waals surface area contributed by atoms with Crippen LogP contribution in [0.2, 0.25) is 0 Å². The van der Waals surface area contributed by atoms with Crippen LogP contribution >= 0.6 is 0 Å². The molecule has 0 unspecified atom stereocenters. The number of carbonyl (C=O) groups is 2. The molecule has 37 heavy (non-hydrogen) atoms. The molecule has 2 fully saturated rings. The molecule has 1 aliphatic heterocycles. The molecule has 5 rings (SSSR count). The van der Waals surface area contributed by atoms with Crippen LogP contribution in [0.3, 0.4) is 0 Å². The number of hydrogen-bond acceptors (Lipinski definition) is 6. The van der Waals surface area contributed by atoms with E-state index in [9.17, 15) is 19.1 Å². The van der Waals surface area contributed by atoms with Crippen molar-refractivity contribution in [3.05, 3.63) is 64.7 Å². The standard InChI is InChI=1S/C26H26FN7O3/c1-4-23(36)32-12-17(10-21(32)13(2)35)34-25(28)24(26(29)37)19(31-34)8-5-15-9-20-22(11-18(15)27)33(14(3)30-20)16-6-7-16/h4,9,11,16-17,35H,1,6-7,10,12,28H2,2-3H3,(H2,29,37)/b21-13-/t17-/m0/s1. The molecule has 10 nitrogen and oxygen atoms in total. The highest BCUT2D eigenvalue weighted by molar-refractivity contribution is 5.99. The predicted octanol–water partition coefficient (Wildman–Crippen LogP) is 2.85. The minimum atomic E-state index is -0.839. The van der Waals surface area contributed by atoms with Gasteiger partial charge in [0.2, 0.25) is 5.91 Å². The summed E-state index contributed by atoms with van der Waals surface area (Å²) in [6.45, 7) is 7.00. The second-order valence-electron chi connectivity index (χ2n) is 9.29. The maximum absolute atomic E-state index is 15.0. The minimum absolute atomic E-state index is 0.0102. The van der Waals surface area contributed by atoms with Gasteiger partial charge in [-0.1, -0.05) is 12.5 Å². The smallest absolute Gasteiger partial charge is 0.255 e. The lowest BCUT2D eigenvalue weighted by Gasteiger charge is -2.16. The molecule has 0 spiro atoms. The van der Waals surface area contributed by atoms with Crippen LogP contribution in [-0.2, 0) is 4.79 Å². The molecule has 3 heterocycles. The number of fused-ring (bicyclic) bond motifs is 1. The third kappa shape index (κ3) is 4.10. The van der Waals surface area contributed by atoms with E-state index in [4.69, 9.17) is 11.5 Å². The van der Waals surface area contributed by atoms with Gasteiger partial charge in [-0.15, -0.1) is 0 Å². The van der Waals surface area contributed by atoms with Gasteiger partial charge in [0.05, 0.1) is 28.3 Å². The van der Waals surface area contributed by atoms with Gasteiger partial charge in [0.1, 0.15) is 28.8 Å². The van der Waals surface area contributed by atoms with E-state index in [1.165, 1.54) is 22.6 Å². The monoisotopic (exact) mass is 503 g/mol. The van der Waals surface area contributed by atoms with E-state index >= 15 is 0 Å². The summed E-state index contributed by atoms with van der Waals surface area (Å²) in [4.78, 5) is 30.4. The van der Waals surface area contributed by atoms with Crippen LogP contribution < -0.4 is 11.5 Å². The Hall–Kier alpha value is -4.59. The van der Waals surface area contributed by atoms with Crippen molar-refractivity contribution in [1.29, 1.82) is 0 Å². The summed E-state index contributed by atoms with van der Waals surface area (Å²) in [6, 6.07) is 2.86. The van der Waals surface area contributed by atoms with Gasteiger partial charge in [-0.3, -0.25) is 9.59 Å². The first-order chi connectivity index (χ1) is 17.6. The summed E-state index contributed by atoms with van der Waals surface area (Å²) in [5.41, 5.74) is 13.5. The van der Waals surface area contributed by atoms with Crippen LogP contribution in [0, 0.1) is 24.6 Å². The minimum Gasteiger partial charge on any atom is -0.511 e. The number of rotatable bonds is 4. The van der Waals surface area contributed by atoms with Crippen LogP contribution in [0.1, 0.15) is 65.7 Å². The maximum atomic E-state index is 15.0. The van der Waals surface area contributed by atoms with Gasteiger partial charge < -0.3 is 26.0 Å². The molecule has 1 aliphatic carbocycles. The SMILES string of the molecule is C=CC(=O)N1C[C@@H](n2nc(C#Cc3cc4nc(C)n(C5CC5)c4cc3F)c(C(N)=O)c2N)C/C1=C(\C)O. The largest absolute Gasteiger partial charge is 0.511 e. The molecular weight excluding hydrogens is 477 g/mol. The first-order valence-electron chi connectivity index (χ1n) is 11.8. The average Bonchev–Trinajstić information content (AvgIpc) is 3.35. The highest BCUT2D eigenvalue weighted by Gasteiger charge is 2.35. The lowest BCUT2D eigenvalue weighted by Crippen LogP contribution is -2.27. The van der Waals surface area contributed by atoms with Crippen LogP contribution in [0.5, 0.6) is 0 Å². The van der Waals surface area contributed by atoms with E-state index < -0.39 is 23.7 Å². The second-order valence-corrected chi connectivity index (χ2v) is 9.29. The Labute approximate surface area is 212 Å². The van der Waals surface area contributed by atoms with Crippen molar-refractivity contribution < 1.29 is 19.1 Å². The third-order valence-electron chi connectivity index (χ3n) is 6.73. The zero-order chi connectivity index (χ0) is 26.6. The number of primary amides is 1. The van der Waals surface area contributed by atoms with Crippen molar-refractivity contribution in [2.24, 2.45) is 5.73 Å². The number of nitrogens with two attached hydrogens (primary N) is 2. The van der Waals surface area contributed by atoms with Crippen molar-refractivity contribution in [2.45, 2.75) is 45.2 Å². The number of allylic oxidation sites excluding steroid dienone is 2. The molecule has 2 aliphatic rings. The predicted molar refractivity (Wildman–Crippen MR) is 135 cm³/mol. The molecule has 0 bridgehead atoms. The Kier molecular flexibility index (Phi) is 5.75. The molecule has 1 saturated heterocycles. The Bertz CT molecular complexity index is 1580. The molecule has 1 atom stereocenters. The number of nitrogen functional groups attached to an aromatic ring is 1. The first-order valence-corrected chi connectivity index (χ1v) is 11.8. The molecule has 5 N–H and O–H groups in total. The highest BCUT2D eigenvalue weighted by Crippen LogP contribution is 2.39. The lowest BCUT2D eigenvalue weighted by atomic mass is 10.1. The number of aryl methyl sites for hydroxylation is 1. The summed E-state index contributed by atoms with van der Waals surface area (Å²) < 4.78 is 18.4. The Morgan fingerprint density at radius 2 is 2.00 bits per heavy atom. The van der Waals surface area contributed by atoms with Crippen molar-refractivity contribution >= 4 is 28.7 Å². The number of carbonyl (C=O) groups excluding carboxylic acids is 2. The average molecular weight is 504 g/mol. The molecule has 190 valence electrons. The zero-order valence-corrected chi connectivity index (χ0v) is 20.5. The molecule has 1 aromatic carbocycles. The van der Waals surface area contributed by atoms with Gasteiger partial charge in [-0.2, -0.15) is 5.10 Å². The van der Waals surface area contributed by atoms with Gasteiger partial charge in [-0.05, 0) is 44.8 Å². The molecule has 3 aromatic rings. The Morgan fingerprint density at radius 3 is 2.62 bits per heavy atom. The fourth-order valence-electron chi connectivity index (χ4n) is 4.87. The van der Waals surface area contributed by atoms with E-state index in [-0.39, 0.29) is 41.4 Å². The van der Waals surface area contributed by atoms with Gasteiger partial charge in [-0.25, -0.2) is 14.1 Å². The number of imidazole rings is 1. The van der Waals surface area contributed by atoms with E-state index in [1.807, 2.05) is 11.5 Å². The normalized spacial score (nSPS) is 18.6. The van der Waals surface area contributed by atoms with E-state index in [0.29, 0.717) is 17.3 Å². The fraction of sp³-hybridized carbons (Fsp3) is 0.308. The number of aromatic nitrogens is 4. The number of amides is 2. The van der Waals surface area contributed by atoms with E-state index in [2.05, 4.69) is 28.5 Å². The lowest BCUT2D eigenvalue weighted by molar-refractivity contribution is -0.123. The molecule has 1 saturated carbocycles. The van der Waals surface area contributed by atoms with E-state index in [0.717, 1.165) is 30.3 Å². The summed E-state index contributed by atoms with van der Waals surface area (Å²) in [6.07, 6.45) is 3.47. The van der Waals surface area contributed by atoms with Crippen LogP contribution in [0.15, 0.2) is 36.2 Å². The van der Waals surface area contributed by atoms with Crippen molar-refractivity contribution in [3.8, 4) is 11.8 Å². The van der Waals surface area contributed by atoms with Crippen LogP contribution in [-0.4, -0.2) is 47.7 Å². The first kappa shape index (κ1) is 24.1. The van der Waals surface area contributed by atoms with Gasteiger partial charge >= 0.3 is 0 Å². The van der Waals surface area contributed by atoms with Gasteiger partial charge in [0.15, 0.2) is 5.69 Å². The number of nitrogens with zero attached hydrogens (tertiary/aromatic N) is 5. The second kappa shape index (κ2) is 8.81. The number of halogens is 1. The summed E-state index contributed by atoms with van der Waals surface area (Å²) in [7, 11) is 0. The number of benzene rings is 1. The number of hydrogen-bond donors (Lipinski definition) is 3. The molecule has 11 heteroatoms. The summed E-state index contributed by atoms with van der Waals surface area (Å²) >= 11 is 0. The van der Waals surface area contributed by atoms with Gasteiger partial charge in [0, 0.05) is 25.1 Å². The highest BCUT2D eigenvalue weighted by atomic mass is 19.1. The van der Waals surface area contributed by atoms with Crippen LogP contribution in [0.25, 0.3) is 11.0 Å². The zero-order valence-electron chi connectivity index (χ0n) is 20.5. The van der Waals surface area contributed by atoms with Gasteiger partial charge in [0.25, 0.3) is 5.91 Å². The molecular formula is C26H26FN7O3. The number of likely N-dealkylation sites (tertiary alicyclic amines) is 1. The van der Waals surface area contributed by atoms with E-state index in [1.54, 1.807) is 6.07 Å². The van der Waals surface area contributed by atoms with Crippen molar-refractivity contribution in [2.75, 3.05) is 12.3 Å². The molecule has 0 radical (unpaired) electrons. The maximum Gasteiger partial charge on any atom is 0.255 e. The number of aliphatic hydroxyl groups excluding tert-OH is 1. The van der Waals surface area contributed by atoms with Crippen molar-refractivity contribution in [1.82, 2.24) is 24.2 Å². The topological polar surface area (TPSA) is 145 Å².